The van der Waals surface area contributed by atoms with Crippen molar-refractivity contribution in [2.45, 2.75) is 57.9 Å². The Labute approximate surface area is 114 Å². The highest BCUT2D eigenvalue weighted by atomic mass is 35.5. The van der Waals surface area contributed by atoms with E-state index in [1.807, 2.05) is 6.92 Å². The van der Waals surface area contributed by atoms with Crippen molar-refractivity contribution in [3.05, 3.63) is 17.5 Å². The summed E-state index contributed by atoms with van der Waals surface area (Å²) in [7, 11) is 0. The van der Waals surface area contributed by atoms with Crippen LogP contribution < -0.4 is 4.74 Å². The average molecular weight is 269 g/mol. The third kappa shape index (κ3) is 3.35. The van der Waals surface area contributed by atoms with Crippen LogP contribution in [0.4, 0.5) is 0 Å². The summed E-state index contributed by atoms with van der Waals surface area (Å²) in [5.41, 5.74) is 1.89. The van der Waals surface area contributed by atoms with Gasteiger partial charge in [-0.2, -0.15) is 0 Å². The minimum atomic E-state index is 0.282. The highest BCUT2D eigenvalue weighted by molar-refractivity contribution is 6.17. The fourth-order valence-corrected chi connectivity index (χ4v) is 2.79. The van der Waals surface area contributed by atoms with Crippen LogP contribution in [0.2, 0.25) is 0 Å². The molecular formula is C14H21ClN2O. The van der Waals surface area contributed by atoms with Crippen LogP contribution in [-0.2, 0) is 5.88 Å². The Morgan fingerprint density at radius 1 is 1.44 bits per heavy atom. The van der Waals surface area contributed by atoms with Crippen molar-refractivity contribution < 1.29 is 4.74 Å². The van der Waals surface area contributed by atoms with E-state index in [9.17, 15) is 0 Å². The zero-order valence-corrected chi connectivity index (χ0v) is 11.9. The van der Waals surface area contributed by atoms with E-state index < -0.39 is 0 Å². The van der Waals surface area contributed by atoms with Gasteiger partial charge in [0.1, 0.15) is 6.10 Å². The van der Waals surface area contributed by atoms with Crippen molar-refractivity contribution >= 4 is 11.6 Å². The van der Waals surface area contributed by atoms with Gasteiger partial charge in [-0.15, -0.1) is 11.6 Å². The van der Waals surface area contributed by atoms with Gasteiger partial charge in [0, 0.05) is 17.5 Å². The van der Waals surface area contributed by atoms with Gasteiger partial charge < -0.3 is 4.74 Å². The molecule has 100 valence electrons. The topological polar surface area (TPSA) is 35.0 Å². The van der Waals surface area contributed by atoms with Crippen LogP contribution in [0.5, 0.6) is 6.01 Å². The zero-order chi connectivity index (χ0) is 13.0. The van der Waals surface area contributed by atoms with Gasteiger partial charge in [-0.25, -0.2) is 9.97 Å². The molecule has 0 spiro atoms. The molecule has 1 aliphatic rings. The van der Waals surface area contributed by atoms with Gasteiger partial charge in [0.25, 0.3) is 0 Å². The lowest BCUT2D eigenvalue weighted by Gasteiger charge is -2.28. The molecule has 1 heterocycles. The lowest BCUT2D eigenvalue weighted by molar-refractivity contribution is 0.111. The number of hydrogen-bond donors (Lipinski definition) is 0. The number of alkyl halides is 1. The molecule has 0 aromatic carbocycles. The molecule has 1 saturated carbocycles. The maximum atomic E-state index is 5.90. The third-order valence-corrected chi connectivity index (χ3v) is 4.07. The fourth-order valence-electron chi connectivity index (χ4n) is 2.53. The van der Waals surface area contributed by atoms with Gasteiger partial charge >= 0.3 is 6.01 Å². The van der Waals surface area contributed by atoms with E-state index in [1.165, 1.54) is 19.3 Å². The summed E-state index contributed by atoms with van der Waals surface area (Å²) in [6.07, 6.45) is 8.13. The molecule has 4 heteroatoms. The molecule has 1 aromatic heterocycles. The molecule has 2 unspecified atom stereocenters. The molecule has 1 aromatic rings. The number of rotatable bonds is 4. The molecule has 3 nitrogen and oxygen atoms in total. The van der Waals surface area contributed by atoms with Crippen LogP contribution >= 0.6 is 11.6 Å². The van der Waals surface area contributed by atoms with E-state index in [2.05, 4.69) is 16.9 Å². The van der Waals surface area contributed by atoms with Crippen LogP contribution in [0.3, 0.4) is 0 Å². The summed E-state index contributed by atoms with van der Waals surface area (Å²) in [6.45, 7) is 4.20. The predicted molar refractivity (Wildman–Crippen MR) is 73.0 cm³/mol. The minimum absolute atomic E-state index is 0.282. The molecule has 1 fully saturated rings. The lowest BCUT2D eigenvalue weighted by Crippen LogP contribution is -2.26. The second-order valence-corrected chi connectivity index (χ2v) is 5.34. The van der Waals surface area contributed by atoms with E-state index in [1.54, 1.807) is 6.20 Å². The van der Waals surface area contributed by atoms with E-state index in [-0.39, 0.29) is 6.10 Å². The first-order valence-corrected chi connectivity index (χ1v) is 7.31. The number of aromatic nitrogens is 2. The predicted octanol–water partition coefficient (Wildman–Crippen LogP) is 3.87. The van der Waals surface area contributed by atoms with Crippen LogP contribution in [-0.4, -0.2) is 16.1 Å². The molecule has 1 aliphatic carbocycles. The van der Waals surface area contributed by atoms with Crippen molar-refractivity contribution in [2.24, 2.45) is 5.92 Å². The molecule has 0 N–H and O–H groups in total. The van der Waals surface area contributed by atoms with Crippen molar-refractivity contribution in [1.82, 2.24) is 9.97 Å². The standard InChI is InChI=1S/C14H21ClN2O/c1-3-11-5-4-6-13(7-11)18-14-16-9-12(8-15)10(2)17-14/h9,11,13H,3-8H2,1-2H3. The third-order valence-electron chi connectivity index (χ3n) is 3.79. The van der Waals surface area contributed by atoms with E-state index >= 15 is 0 Å². The Morgan fingerprint density at radius 2 is 2.28 bits per heavy atom. The van der Waals surface area contributed by atoms with Crippen LogP contribution in [0.15, 0.2) is 6.20 Å². The molecule has 0 radical (unpaired) electrons. The quantitative estimate of drug-likeness (QED) is 0.778. The number of hydrogen-bond acceptors (Lipinski definition) is 3. The molecule has 0 amide bonds. The monoisotopic (exact) mass is 268 g/mol. The van der Waals surface area contributed by atoms with Gasteiger partial charge in [0.2, 0.25) is 0 Å². The minimum Gasteiger partial charge on any atom is -0.460 e. The fraction of sp³-hybridized carbons (Fsp3) is 0.714. The summed E-state index contributed by atoms with van der Waals surface area (Å²) in [5.74, 6) is 1.25. The SMILES string of the molecule is CCC1CCCC(Oc2ncc(CCl)c(C)n2)C1. The summed E-state index contributed by atoms with van der Waals surface area (Å²) < 4.78 is 5.90. The van der Waals surface area contributed by atoms with Gasteiger partial charge in [-0.05, 0) is 32.1 Å². The van der Waals surface area contributed by atoms with E-state index in [0.29, 0.717) is 11.9 Å². The molecule has 2 atom stereocenters. The van der Waals surface area contributed by atoms with E-state index in [4.69, 9.17) is 16.3 Å². The summed E-state index contributed by atoms with van der Waals surface area (Å²) in [5, 5.41) is 0. The van der Waals surface area contributed by atoms with Crippen molar-refractivity contribution in [3.8, 4) is 6.01 Å². The number of halogens is 1. The molecule has 2 rings (SSSR count). The van der Waals surface area contributed by atoms with Gasteiger partial charge in [-0.3, -0.25) is 0 Å². The first-order valence-electron chi connectivity index (χ1n) is 6.78. The average Bonchev–Trinajstić information content (AvgIpc) is 2.39. The second-order valence-electron chi connectivity index (χ2n) is 5.08. The maximum absolute atomic E-state index is 5.90. The Hall–Kier alpha value is -0.830. The molecule has 0 aliphatic heterocycles. The van der Waals surface area contributed by atoms with Gasteiger partial charge in [-0.1, -0.05) is 19.8 Å². The summed E-state index contributed by atoms with van der Waals surface area (Å²) >= 11 is 5.79. The number of ether oxygens (including phenoxy) is 1. The Balaban J connectivity index is 1.98. The smallest absolute Gasteiger partial charge is 0.316 e. The molecule has 18 heavy (non-hydrogen) atoms. The highest BCUT2D eigenvalue weighted by Gasteiger charge is 2.22. The molecule has 0 bridgehead atoms. The van der Waals surface area contributed by atoms with Gasteiger partial charge in [0.15, 0.2) is 0 Å². The normalized spacial score (nSPS) is 23.9. The first kappa shape index (κ1) is 13.6. The van der Waals surface area contributed by atoms with Crippen molar-refractivity contribution in [2.75, 3.05) is 0 Å². The van der Waals surface area contributed by atoms with Crippen molar-refractivity contribution in [1.29, 1.82) is 0 Å². The Bertz CT molecular complexity index is 397. The Morgan fingerprint density at radius 3 is 2.94 bits per heavy atom. The maximum Gasteiger partial charge on any atom is 0.316 e. The Kier molecular flexibility index (Phi) is 4.81. The van der Waals surface area contributed by atoms with Crippen LogP contribution in [0.1, 0.15) is 50.3 Å². The second kappa shape index (κ2) is 6.37. The van der Waals surface area contributed by atoms with E-state index in [0.717, 1.165) is 30.0 Å². The van der Waals surface area contributed by atoms with Gasteiger partial charge in [0.05, 0.1) is 5.88 Å². The first-order chi connectivity index (χ1) is 8.72. The number of nitrogens with zero attached hydrogens (tertiary/aromatic N) is 2. The lowest BCUT2D eigenvalue weighted by atomic mass is 9.85. The van der Waals surface area contributed by atoms with Crippen LogP contribution in [0.25, 0.3) is 0 Å². The zero-order valence-electron chi connectivity index (χ0n) is 11.2. The van der Waals surface area contributed by atoms with Crippen molar-refractivity contribution in [3.63, 3.8) is 0 Å². The van der Waals surface area contributed by atoms with Crippen LogP contribution in [0, 0.1) is 12.8 Å². The highest BCUT2D eigenvalue weighted by Crippen LogP contribution is 2.28. The number of aryl methyl sites for hydroxylation is 1. The summed E-state index contributed by atoms with van der Waals surface area (Å²) in [4.78, 5) is 8.61. The summed E-state index contributed by atoms with van der Waals surface area (Å²) in [6, 6.07) is 0.503. The molecular weight excluding hydrogens is 248 g/mol. The largest absolute Gasteiger partial charge is 0.460 e. The molecule has 0 saturated heterocycles.